The van der Waals surface area contributed by atoms with E-state index < -0.39 is 0 Å². The summed E-state index contributed by atoms with van der Waals surface area (Å²) in [5, 5.41) is 6.54. The van der Waals surface area contributed by atoms with Gasteiger partial charge < -0.3 is 15.0 Å². The van der Waals surface area contributed by atoms with E-state index in [0.717, 1.165) is 59.3 Å². The Balaban J connectivity index is 1.77. The summed E-state index contributed by atoms with van der Waals surface area (Å²) in [7, 11) is 1.69. The fraction of sp³-hybridized carbons (Fsp3) is 0.435. The zero-order chi connectivity index (χ0) is 19.9. The molecule has 4 nitrogen and oxygen atoms in total. The van der Waals surface area contributed by atoms with E-state index in [9.17, 15) is 0 Å². The van der Waals surface area contributed by atoms with Crippen molar-refractivity contribution in [3.8, 4) is 5.75 Å². The van der Waals surface area contributed by atoms with Crippen molar-refractivity contribution in [2.24, 2.45) is 0 Å². The van der Waals surface area contributed by atoms with Crippen molar-refractivity contribution >= 4 is 39.1 Å². The molecule has 0 aliphatic rings. The number of halogens is 1. The summed E-state index contributed by atoms with van der Waals surface area (Å²) >= 11 is 6.20. The topological polar surface area (TPSA) is 37.4 Å². The third kappa shape index (κ3) is 4.86. The molecule has 1 heterocycles. The predicted octanol–water partition coefficient (Wildman–Crippen LogP) is 5.97. The Morgan fingerprint density at radius 3 is 2.54 bits per heavy atom. The summed E-state index contributed by atoms with van der Waals surface area (Å²) in [4.78, 5) is 7.26. The van der Waals surface area contributed by atoms with Crippen molar-refractivity contribution in [2.45, 2.75) is 33.1 Å². The molecule has 0 bridgehead atoms. The Labute approximate surface area is 172 Å². The number of benzene rings is 2. The molecular weight excluding hydrogens is 370 g/mol. The molecule has 3 aromatic rings. The number of ether oxygens (including phenoxy) is 1. The van der Waals surface area contributed by atoms with Gasteiger partial charge in [-0.2, -0.15) is 0 Å². The Morgan fingerprint density at radius 2 is 1.79 bits per heavy atom. The summed E-state index contributed by atoms with van der Waals surface area (Å²) in [5.74, 6) is 0.838. The number of nitrogens with zero attached hydrogens (tertiary/aromatic N) is 2. The normalized spacial score (nSPS) is 11.5. The molecule has 0 saturated heterocycles. The van der Waals surface area contributed by atoms with Crippen LogP contribution in [0.3, 0.4) is 0 Å². The van der Waals surface area contributed by atoms with Crippen molar-refractivity contribution in [2.75, 3.05) is 38.6 Å². The molecule has 0 saturated carbocycles. The highest BCUT2D eigenvalue weighted by Gasteiger charge is 2.10. The van der Waals surface area contributed by atoms with E-state index in [0.29, 0.717) is 5.02 Å². The van der Waals surface area contributed by atoms with Crippen molar-refractivity contribution in [1.29, 1.82) is 0 Å². The van der Waals surface area contributed by atoms with Crippen LogP contribution in [0.15, 0.2) is 36.4 Å². The molecule has 5 heteroatoms. The van der Waals surface area contributed by atoms with Crippen molar-refractivity contribution in [1.82, 2.24) is 9.88 Å². The molecular formula is C23H30ClN3O. The van der Waals surface area contributed by atoms with Crippen LogP contribution in [0.25, 0.3) is 21.8 Å². The predicted molar refractivity (Wildman–Crippen MR) is 121 cm³/mol. The molecule has 150 valence electrons. The van der Waals surface area contributed by atoms with Crippen LogP contribution in [0.5, 0.6) is 5.75 Å². The number of pyridine rings is 1. The summed E-state index contributed by atoms with van der Waals surface area (Å²) in [5.41, 5.74) is 2.97. The third-order valence-electron chi connectivity index (χ3n) is 5.29. The van der Waals surface area contributed by atoms with Gasteiger partial charge in [0.1, 0.15) is 5.75 Å². The zero-order valence-electron chi connectivity index (χ0n) is 17.1. The van der Waals surface area contributed by atoms with E-state index in [-0.39, 0.29) is 0 Å². The molecule has 0 unspecified atom stereocenters. The first-order valence-corrected chi connectivity index (χ1v) is 10.6. The number of fused-ring (bicyclic) bond motifs is 2. The molecule has 0 spiro atoms. The smallest absolute Gasteiger partial charge is 0.119 e. The molecule has 1 aromatic heterocycles. The molecule has 28 heavy (non-hydrogen) atoms. The van der Waals surface area contributed by atoms with Crippen LogP contribution < -0.4 is 10.1 Å². The maximum atomic E-state index is 6.20. The Bertz CT molecular complexity index is 925. The van der Waals surface area contributed by atoms with Crippen LogP contribution in [-0.4, -0.2) is 43.2 Å². The lowest BCUT2D eigenvalue weighted by Gasteiger charge is -2.18. The van der Waals surface area contributed by atoms with Gasteiger partial charge in [0.15, 0.2) is 0 Å². The maximum Gasteiger partial charge on any atom is 0.119 e. The highest BCUT2D eigenvalue weighted by Crippen LogP contribution is 2.34. The zero-order valence-corrected chi connectivity index (χ0v) is 17.9. The van der Waals surface area contributed by atoms with Gasteiger partial charge in [-0.05, 0) is 68.9 Å². The summed E-state index contributed by atoms with van der Waals surface area (Å²) < 4.78 is 5.43. The number of rotatable bonds is 10. The van der Waals surface area contributed by atoms with Gasteiger partial charge in [-0.25, -0.2) is 4.98 Å². The van der Waals surface area contributed by atoms with Gasteiger partial charge in [0.05, 0.1) is 23.8 Å². The third-order valence-corrected chi connectivity index (χ3v) is 5.53. The van der Waals surface area contributed by atoms with E-state index in [2.05, 4.69) is 30.1 Å². The Hall–Kier alpha value is -2.04. The lowest BCUT2D eigenvalue weighted by Crippen LogP contribution is -2.23. The number of nitrogens with one attached hydrogen (secondary N) is 1. The van der Waals surface area contributed by atoms with Crippen LogP contribution in [-0.2, 0) is 0 Å². The number of anilines is 1. The van der Waals surface area contributed by atoms with Gasteiger partial charge in [0.2, 0.25) is 0 Å². The number of hydrogen-bond acceptors (Lipinski definition) is 4. The van der Waals surface area contributed by atoms with Gasteiger partial charge in [0.25, 0.3) is 0 Å². The van der Waals surface area contributed by atoms with Gasteiger partial charge in [-0.3, -0.25) is 0 Å². The minimum absolute atomic E-state index is 0.704. The molecule has 2 aromatic carbocycles. The Kier molecular flexibility index (Phi) is 7.35. The van der Waals surface area contributed by atoms with Crippen molar-refractivity contribution in [3.05, 3.63) is 41.4 Å². The van der Waals surface area contributed by atoms with Crippen LogP contribution in [0.1, 0.15) is 33.1 Å². The van der Waals surface area contributed by atoms with Gasteiger partial charge >= 0.3 is 0 Å². The van der Waals surface area contributed by atoms with Gasteiger partial charge in [-0.1, -0.05) is 31.9 Å². The standard InChI is InChI=1S/C23H30ClN3O/c1-4-27(5-2)14-8-6-7-13-25-23-19-11-9-17(24)15-22(19)26-21-12-10-18(28-3)16-20(21)23/h9-12,15-16H,4-8,13-14H2,1-3H3,(H,25,26). The first-order valence-electron chi connectivity index (χ1n) is 10.2. The molecule has 0 fully saturated rings. The molecule has 0 amide bonds. The lowest BCUT2D eigenvalue weighted by atomic mass is 10.1. The highest BCUT2D eigenvalue weighted by molar-refractivity contribution is 6.31. The molecule has 0 radical (unpaired) electrons. The molecule has 3 rings (SSSR count). The van der Waals surface area contributed by atoms with E-state index in [4.69, 9.17) is 21.3 Å². The quantitative estimate of drug-likeness (QED) is 0.336. The van der Waals surface area contributed by atoms with E-state index >= 15 is 0 Å². The lowest BCUT2D eigenvalue weighted by molar-refractivity contribution is 0.296. The van der Waals surface area contributed by atoms with E-state index in [1.54, 1.807) is 7.11 Å². The van der Waals surface area contributed by atoms with Crippen LogP contribution in [0, 0.1) is 0 Å². The fourth-order valence-electron chi connectivity index (χ4n) is 3.60. The minimum atomic E-state index is 0.704. The van der Waals surface area contributed by atoms with E-state index in [1.807, 2.05) is 30.3 Å². The average Bonchev–Trinajstić information content (AvgIpc) is 2.72. The molecule has 0 aliphatic carbocycles. The second-order valence-electron chi connectivity index (χ2n) is 7.05. The first-order chi connectivity index (χ1) is 13.7. The SMILES string of the molecule is CCN(CC)CCCCCNc1c2ccc(Cl)cc2nc2ccc(OC)cc12. The monoisotopic (exact) mass is 399 g/mol. The van der Waals surface area contributed by atoms with Gasteiger partial charge in [-0.15, -0.1) is 0 Å². The highest BCUT2D eigenvalue weighted by atomic mass is 35.5. The van der Waals surface area contributed by atoms with Crippen molar-refractivity contribution < 1.29 is 4.74 Å². The second kappa shape index (κ2) is 9.94. The number of methoxy groups -OCH3 is 1. The number of aromatic nitrogens is 1. The first kappa shape index (κ1) is 20.7. The summed E-state index contributed by atoms with van der Waals surface area (Å²) in [6.45, 7) is 8.84. The van der Waals surface area contributed by atoms with Crippen LogP contribution >= 0.6 is 11.6 Å². The summed E-state index contributed by atoms with van der Waals surface area (Å²) in [6, 6.07) is 11.9. The Morgan fingerprint density at radius 1 is 0.964 bits per heavy atom. The second-order valence-corrected chi connectivity index (χ2v) is 7.48. The molecule has 0 aliphatic heterocycles. The number of unbranched alkanes of at least 4 members (excludes halogenated alkanes) is 2. The van der Waals surface area contributed by atoms with Crippen molar-refractivity contribution in [3.63, 3.8) is 0 Å². The minimum Gasteiger partial charge on any atom is -0.497 e. The molecule has 1 N–H and O–H groups in total. The van der Waals surface area contributed by atoms with Gasteiger partial charge in [0, 0.05) is 22.3 Å². The largest absolute Gasteiger partial charge is 0.497 e. The molecule has 0 atom stereocenters. The maximum absolute atomic E-state index is 6.20. The number of hydrogen-bond donors (Lipinski definition) is 1. The van der Waals surface area contributed by atoms with E-state index in [1.165, 1.54) is 19.4 Å². The van der Waals surface area contributed by atoms with Crippen LogP contribution in [0.2, 0.25) is 5.02 Å². The fourth-order valence-corrected chi connectivity index (χ4v) is 3.77. The summed E-state index contributed by atoms with van der Waals surface area (Å²) in [6.07, 6.45) is 3.61. The van der Waals surface area contributed by atoms with Crippen LogP contribution in [0.4, 0.5) is 5.69 Å². The average molecular weight is 400 g/mol.